The molecule has 224 valence electrons. The van der Waals surface area contributed by atoms with Gasteiger partial charge >= 0.3 is 11.9 Å². The van der Waals surface area contributed by atoms with Gasteiger partial charge in [-0.05, 0) is 61.1 Å². The molecule has 0 fully saturated rings. The van der Waals surface area contributed by atoms with E-state index < -0.39 is 35.9 Å². The third kappa shape index (κ3) is 10.5. The molecule has 2 aromatic rings. The Morgan fingerprint density at radius 2 is 1.24 bits per heavy atom. The summed E-state index contributed by atoms with van der Waals surface area (Å²) in [5.41, 5.74) is 2.65. The van der Waals surface area contributed by atoms with Gasteiger partial charge in [-0.3, -0.25) is 14.4 Å². The molecule has 0 saturated carbocycles. The minimum absolute atomic E-state index is 0.0296. The molecule has 0 aliphatic heterocycles. The number of benzene rings is 2. The lowest BCUT2D eigenvalue weighted by Crippen LogP contribution is -2.41. The Bertz CT molecular complexity index is 1240. The van der Waals surface area contributed by atoms with Crippen LogP contribution in [0.25, 0.3) is 0 Å². The first-order valence-electron chi connectivity index (χ1n) is 12.8. The fourth-order valence-corrected chi connectivity index (χ4v) is 5.97. The quantitative estimate of drug-likeness (QED) is 0.152. The highest BCUT2D eigenvalue weighted by Gasteiger charge is 2.25. The molecular formula is C28H36N2O9S2. The molecule has 2 unspecified atom stereocenters. The molecule has 41 heavy (non-hydrogen) atoms. The van der Waals surface area contributed by atoms with E-state index in [9.17, 15) is 29.4 Å². The van der Waals surface area contributed by atoms with Gasteiger partial charge in [0.1, 0.15) is 17.5 Å². The number of hydroxylamine groups is 1. The number of ether oxygens (including phenoxy) is 2. The van der Waals surface area contributed by atoms with Crippen LogP contribution in [0.5, 0.6) is 11.5 Å². The first-order valence-corrected chi connectivity index (χ1v) is 14.9. The fourth-order valence-electron chi connectivity index (χ4n) is 3.60. The van der Waals surface area contributed by atoms with E-state index in [4.69, 9.17) is 14.3 Å². The summed E-state index contributed by atoms with van der Waals surface area (Å²) in [5.74, 6) is -2.52. The zero-order valence-electron chi connectivity index (χ0n) is 23.8. The van der Waals surface area contributed by atoms with Crippen molar-refractivity contribution in [3.05, 3.63) is 47.5 Å². The monoisotopic (exact) mass is 608 g/mol. The van der Waals surface area contributed by atoms with Crippen LogP contribution in [0, 0.1) is 11.8 Å². The van der Waals surface area contributed by atoms with Crippen LogP contribution in [0.15, 0.2) is 46.2 Å². The molecule has 0 spiro atoms. The van der Waals surface area contributed by atoms with Crippen LogP contribution in [0.1, 0.15) is 61.3 Å². The maximum atomic E-state index is 13.1. The summed E-state index contributed by atoms with van der Waals surface area (Å²) in [6.07, 6.45) is -0.750. The number of carboxylic acid groups (broad SMARTS) is 2. The number of amides is 2. The van der Waals surface area contributed by atoms with Crippen LogP contribution in [0.2, 0.25) is 0 Å². The molecule has 0 radical (unpaired) electrons. The van der Waals surface area contributed by atoms with E-state index in [1.54, 1.807) is 30.3 Å². The molecule has 2 aromatic carbocycles. The summed E-state index contributed by atoms with van der Waals surface area (Å²) in [5, 5.41) is 21.6. The van der Waals surface area contributed by atoms with Crippen molar-refractivity contribution in [3.8, 4) is 11.5 Å². The van der Waals surface area contributed by atoms with Crippen molar-refractivity contribution in [2.45, 2.75) is 62.5 Å². The Kier molecular flexibility index (Phi) is 13.3. The number of rotatable bonds is 16. The van der Waals surface area contributed by atoms with E-state index in [0.717, 1.165) is 21.6 Å². The molecule has 0 aromatic heterocycles. The zero-order chi connectivity index (χ0) is 30.7. The van der Waals surface area contributed by atoms with Crippen LogP contribution >= 0.6 is 21.6 Å². The topological polar surface area (TPSA) is 160 Å². The van der Waals surface area contributed by atoms with Crippen molar-refractivity contribution >= 4 is 45.3 Å². The molecule has 0 aliphatic carbocycles. The number of nitrogens with one attached hydrogen (secondary N) is 2. The van der Waals surface area contributed by atoms with Gasteiger partial charge in [0.2, 0.25) is 0 Å². The minimum atomic E-state index is -1.22. The Morgan fingerprint density at radius 1 is 0.756 bits per heavy atom. The molecular weight excluding hydrogens is 572 g/mol. The van der Waals surface area contributed by atoms with Crippen LogP contribution in [0.4, 0.5) is 0 Å². The standard InChI is InChI=1S/C28H36N2O9S2/c1-15(2)11-21(27(33)34)29-25(31)19-9-7-17(37-5)13-23(19)40-41-24-14-18(38-6)8-10-20(24)26(32)30-39-22(28(35)36)12-16(3)4/h7-10,13-16,21-22H,11-12H2,1-6H3,(H,29,31)(H,30,32)(H,33,34)(H,35,36). The third-order valence-corrected chi connectivity index (χ3v) is 8.10. The lowest BCUT2D eigenvalue weighted by atomic mass is 10.0. The Labute approximate surface area is 247 Å². The van der Waals surface area contributed by atoms with E-state index in [2.05, 4.69) is 10.8 Å². The van der Waals surface area contributed by atoms with Crippen molar-refractivity contribution in [1.29, 1.82) is 0 Å². The molecule has 4 N–H and O–H groups in total. The summed E-state index contributed by atoms with van der Waals surface area (Å²) in [4.78, 5) is 55.5. The maximum Gasteiger partial charge on any atom is 0.335 e. The number of hydrogen-bond donors (Lipinski definition) is 4. The Balaban J connectivity index is 2.32. The van der Waals surface area contributed by atoms with Crippen LogP contribution in [-0.4, -0.2) is 60.3 Å². The van der Waals surface area contributed by atoms with Crippen molar-refractivity contribution in [2.24, 2.45) is 11.8 Å². The predicted molar refractivity (Wildman–Crippen MR) is 155 cm³/mol. The van der Waals surface area contributed by atoms with Gasteiger partial charge in [-0.15, -0.1) is 0 Å². The van der Waals surface area contributed by atoms with E-state index >= 15 is 0 Å². The van der Waals surface area contributed by atoms with Crippen molar-refractivity contribution in [2.75, 3.05) is 14.2 Å². The third-order valence-electron chi connectivity index (χ3n) is 5.65. The SMILES string of the molecule is COc1ccc(C(=O)NOC(CC(C)C)C(=O)O)c(SSc2cc(OC)ccc2C(=O)NC(CC(C)C)C(=O)O)c1. The van der Waals surface area contributed by atoms with Crippen LogP contribution < -0.4 is 20.3 Å². The van der Waals surface area contributed by atoms with Crippen molar-refractivity contribution in [1.82, 2.24) is 10.8 Å². The maximum absolute atomic E-state index is 13.1. The Morgan fingerprint density at radius 3 is 1.66 bits per heavy atom. The highest BCUT2D eigenvalue weighted by molar-refractivity contribution is 8.76. The van der Waals surface area contributed by atoms with Gasteiger partial charge in [-0.25, -0.2) is 15.1 Å². The smallest absolute Gasteiger partial charge is 0.335 e. The summed E-state index contributed by atoms with van der Waals surface area (Å²) in [6.45, 7) is 7.42. The van der Waals surface area contributed by atoms with Gasteiger partial charge in [0, 0.05) is 9.79 Å². The second kappa shape index (κ2) is 16.1. The Hall–Kier alpha value is -3.42. The van der Waals surface area contributed by atoms with E-state index in [1.807, 2.05) is 27.7 Å². The second-order valence-electron chi connectivity index (χ2n) is 9.89. The molecule has 0 aliphatic rings. The highest BCUT2D eigenvalue weighted by atomic mass is 33.1. The van der Waals surface area contributed by atoms with Gasteiger partial charge in [0.15, 0.2) is 6.10 Å². The summed E-state index contributed by atoms with van der Waals surface area (Å²) in [7, 11) is 5.26. The van der Waals surface area contributed by atoms with Gasteiger partial charge in [0.25, 0.3) is 11.8 Å². The molecule has 2 rings (SSSR count). The lowest BCUT2D eigenvalue weighted by molar-refractivity contribution is -0.155. The normalized spacial score (nSPS) is 12.5. The van der Waals surface area contributed by atoms with Gasteiger partial charge in [0.05, 0.1) is 25.3 Å². The average Bonchev–Trinajstić information content (AvgIpc) is 2.92. The molecule has 2 amide bonds. The van der Waals surface area contributed by atoms with Gasteiger partial charge in [-0.1, -0.05) is 49.3 Å². The van der Waals surface area contributed by atoms with E-state index in [-0.39, 0.29) is 35.8 Å². The predicted octanol–water partition coefficient (Wildman–Crippen LogP) is 4.89. The number of aliphatic carboxylic acids is 2. The van der Waals surface area contributed by atoms with Crippen molar-refractivity contribution < 1.29 is 43.7 Å². The summed E-state index contributed by atoms with van der Waals surface area (Å²) >= 11 is 0. The van der Waals surface area contributed by atoms with Crippen LogP contribution in [0.3, 0.4) is 0 Å². The van der Waals surface area contributed by atoms with Gasteiger partial charge in [-0.2, -0.15) is 0 Å². The number of carbonyl (C=O) groups is 4. The molecule has 11 nitrogen and oxygen atoms in total. The largest absolute Gasteiger partial charge is 0.497 e. The highest BCUT2D eigenvalue weighted by Crippen LogP contribution is 2.43. The van der Waals surface area contributed by atoms with Crippen molar-refractivity contribution in [3.63, 3.8) is 0 Å². The number of carboxylic acids is 2. The average molecular weight is 609 g/mol. The van der Waals surface area contributed by atoms with Crippen LogP contribution in [-0.2, 0) is 14.4 Å². The first kappa shape index (κ1) is 33.8. The number of methoxy groups -OCH3 is 2. The molecule has 0 saturated heterocycles. The number of hydrogen-bond acceptors (Lipinski definition) is 9. The lowest BCUT2D eigenvalue weighted by Gasteiger charge is -2.18. The minimum Gasteiger partial charge on any atom is -0.497 e. The van der Waals surface area contributed by atoms with E-state index in [0.29, 0.717) is 21.3 Å². The second-order valence-corrected chi connectivity index (χ2v) is 12.1. The zero-order valence-corrected chi connectivity index (χ0v) is 25.4. The first-order chi connectivity index (χ1) is 19.4. The number of carbonyl (C=O) groups excluding carboxylic acids is 2. The molecule has 13 heteroatoms. The molecule has 0 heterocycles. The molecule has 2 atom stereocenters. The fraction of sp³-hybridized carbons (Fsp3) is 0.429. The summed E-state index contributed by atoms with van der Waals surface area (Å²) < 4.78 is 10.6. The molecule has 0 bridgehead atoms. The summed E-state index contributed by atoms with van der Waals surface area (Å²) in [6, 6.07) is 8.43. The van der Waals surface area contributed by atoms with Gasteiger partial charge < -0.3 is 25.0 Å². The van der Waals surface area contributed by atoms with E-state index in [1.165, 1.54) is 20.3 Å².